The average Bonchev–Trinajstić information content (AvgIpc) is 3.09. The Kier molecular flexibility index (Phi) is 3.83. The second-order valence-electron chi connectivity index (χ2n) is 6.85. The minimum atomic E-state index is -0.420. The molecule has 4 aromatic heterocycles. The molecule has 0 aromatic carbocycles. The first-order valence-corrected chi connectivity index (χ1v) is 9.09. The van der Waals surface area contributed by atoms with Gasteiger partial charge >= 0.3 is 0 Å². The number of aromatic nitrogens is 5. The van der Waals surface area contributed by atoms with Crippen LogP contribution in [-0.2, 0) is 0 Å². The van der Waals surface area contributed by atoms with Crippen molar-refractivity contribution in [1.29, 1.82) is 0 Å². The van der Waals surface area contributed by atoms with Crippen molar-refractivity contribution in [3.8, 4) is 11.3 Å². The van der Waals surface area contributed by atoms with Gasteiger partial charge in [0.1, 0.15) is 0 Å². The van der Waals surface area contributed by atoms with Crippen LogP contribution in [0.2, 0.25) is 0 Å². The van der Waals surface area contributed by atoms with E-state index in [0.717, 1.165) is 31.9 Å². The van der Waals surface area contributed by atoms with Crippen molar-refractivity contribution in [3.63, 3.8) is 0 Å². The summed E-state index contributed by atoms with van der Waals surface area (Å²) in [6, 6.07) is 3.11. The van der Waals surface area contributed by atoms with Crippen LogP contribution in [0.25, 0.3) is 22.6 Å². The molecule has 0 radical (unpaired) electrons. The molecular weight excluding hydrogens is 361 g/mol. The van der Waals surface area contributed by atoms with Gasteiger partial charge in [0.2, 0.25) is 0 Å². The van der Waals surface area contributed by atoms with Gasteiger partial charge in [-0.2, -0.15) is 0 Å². The third-order valence-corrected chi connectivity index (χ3v) is 4.91. The molecule has 1 aliphatic heterocycles. The highest BCUT2D eigenvalue weighted by atomic mass is 19.1. The van der Waals surface area contributed by atoms with Gasteiger partial charge in [-0.3, -0.25) is 9.20 Å². The molecule has 0 saturated carbocycles. The molecule has 0 unspecified atom stereocenters. The smallest absolute Gasteiger partial charge is 0.299 e. The number of piperazine rings is 1. The Morgan fingerprint density at radius 1 is 1.18 bits per heavy atom. The molecule has 28 heavy (non-hydrogen) atoms. The first kappa shape index (κ1) is 16.8. The maximum absolute atomic E-state index is 14.4. The van der Waals surface area contributed by atoms with Gasteiger partial charge in [-0.15, -0.1) is 0 Å². The monoisotopic (exact) mass is 379 g/mol. The molecule has 0 aliphatic carbocycles. The van der Waals surface area contributed by atoms with E-state index in [9.17, 15) is 9.18 Å². The first-order chi connectivity index (χ1) is 13.6. The van der Waals surface area contributed by atoms with E-state index in [-0.39, 0.29) is 11.2 Å². The summed E-state index contributed by atoms with van der Waals surface area (Å²) in [5.74, 6) is 0.00625. The quantitative estimate of drug-likeness (QED) is 0.565. The highest BCUT2D eigenvalue weighted by Gasteiger charge is 2.17. The summed E-state index contributed by atoms with van der Waals surface area (Å²) in [5.41, 5.74) is 2.39. The van der Waals surface area contributed by atoms with Gasteiger partial charge in [-0.05, 0) is 19.1 Å². The summed E-state index contributed by atoms with van der Waals surface area (Å²) >= 11 is 0. The van der Waals surface area contributed by atoms with Crippen molar-refractivity contribution in [2.45, 2.75) is 6.92 Å². The molecule has 1 saturated heterocycles. The number of hydrogen-bond acceptors (Lipinski definition) is 6. The summed E-state index contributed by atoms with van der Waals surface area (Å²) in [6.45, 7) is 4.94. The first-order valence-electron chi connectivity index (χ1n) is 9.09. The zero-order chi connectivity index (χ0) is 19.3. The van der Waals surface area contributed by atoms with E-state index in [1.54, 1.807) is 35.3 Å². The molecule has 5 heterocycles. The van der Waals surface area contributed by atoms with E-state index in [2.05, 4.69) is 20.3 Å². The fourth-order valence-corrected chi connectivity index (χ4v) is 3.55. The molecule has 1 N–H and O–H groups in total. The van der Waals surface area contributed by atoms with E-state index in [1.807, 2.05) is 11.8 Å². The lowest BCUT2D eigenvalue weighted by molar-refractivity contribution is 0.582. The van der Waals surface area contributed by atoms with Gasteiger partial charge in [-0.1, -0.05) is 0 Å². The van der Waals surface area contributed by atoms with Crippen molar-refractivity contribution >= 4 is 17.1 Å². The number of anilines is 1. The number of fused-ring (bicyclic) bond motifs is 2. The van der Waals surface area contributed by atoms with Crippen molar-refractivity contribution in [2.24, 2.45) is 0 Å². The topological polar surface area (TPSA) is 79.8 Å². The normalized spacial score (nSPS) is 14.9. The summed E-state index contributed by atoms with van der Waals surface area (Å²) in [4.78, 5) is 27.8. The van der Waals surface area contributed by atoms with Crippen LogP contribution in [0.5, 0.6) is 0 Å². The standard InChI is InChI=1S/C19H18FN7O/c1-12-10-26-11-13(8-14(20)17(26)23-12)15-2-5-27-16(24-15)9-22-18(19(27)28)25-6-3-21-4-7-25/h2,5,8-11,21H,3-4,6-7H2,1H3. The van der Waals surface area contributed by atoms with E-state index < -0.39 is 5.82 Å². The molecule has 4 aromatic rings. The second-order valence-corrected chi connectivity index (χ2v) is 6.85. The van der Waals surface area contributed by atoms with Crippen molar-refractivity contribution in [2.75, 3.05) is 31.1 Å². The van der Waals surface area contributed by atoms with E-state index in [0.29, 0.717) is 22.7 Å². The van der Waals surface area contributed by atoms with Gasteiger partial charge in [0, 0.05) is 50.3 Å². The number of nitrogens with one attached hydrogen (secondary N) is 1. The van der Waals surface area contributed by atoms with Gasteiger partial charge < -0.3 is 14.6 Å². The molecule has 0 bridgehead atoms. The zero-order valence-electron chi connectivity index (χ0n) is 15.3. The van der Waals surface area contributed by atoms with Crippen LogP contribution in [0.4, 0.5) is 10.2 Å². The van der Waals surface area contributed by atoms with Crippen LogP contribution < -0.4 is 15.8 Å². The van der Waals surface area contributed by atoms with E-state index >= 15 is 0 Å². The number of imidazole rings is 1. The maximum Gasteiger partial charge on any atom is 0.299 e. The van der Waals surface area contributed by atoms with E-state index in [1.165, 1.54) is 10.5 Å². The fraction of sp³-hybridized carbons (Fsp3) is 0.263. The number of nitrogens with zero attached hydrogens (tertiary/aromatic N) is 6. The van der Waals surface area contributed by atoms with E-state index in [4.69, 9.17) is 0 Å². The molecule has 5 rings (SSSR count). The second kappa shape index (κ2) is 6.38. The Balaban J connectivity index is 1.59. The van der Waals surface area contributed by atoms with Crippen LogP contribution in [0.3, 0.4) is 0 Å². The summed E-state index contributed by atoms with van der Waals surface area (Å²) in [6.07, 6.45) is 6.78. The highest BCUT2D eigenvalue weighted by Crippen LogP contribution is 2.21. The Morgan fingerprint density at radius 2 is 2.00 bits per heavy atom. The van der Waals surface area contributed by atoms with Gasteiger partial charge in [-0.25, -0.2) is 19.3 Å². The predicted octanol–water partition coefficient (Wildman–Crippen LogP) is 1.26. The number of aryl methyl sites for hydroxylation is 1. The largest absolute Gasteiger partial charge is 0.349 e. The van der Waals surface area contributed by atoms with Gasteiger partial charge in [0.15, 0.2) is 22.9 Å². The Hall–Kier alpha value is -3.33. The molecule has 0 amide bonds. The fourth-order valence-electron chi connectivity index (χ4n) is 3.55. The predicted molar refractivity (Wildman–Crippen MR) is 103 cm³/mol. The molecule has 1 fully saturated rings. The Labute approximate surface area is 159 Å². The number of pyridine rings is 1. The zero-order valence-corrected chi connectivity index (χ0v) is 15.3. The van der Waals surface area contributed by atoms with Crippen LogP contribution in [-0.4, -0.2) is 49.9 Å². The maximum atomic E-state index is 14.4. The summed E-state index contributed by atoms with van der Waals surface area (Å²) < 4.78 is 17.5. The Morgan fingerprint density at radius 3 is 2.82 bits per heavy atom. The van der Waals surface area contributed by atoms with Crippen molar-refractivity contribution < 1.29 is 4.39 Å². The van der Waals surface area contributed by atoms with Gasteiger partial charge in [0.25, 0.3) is 5.56 Å². The van der Waals surface area contributed by atoms with Crippen molar-refractivity contribution in [1.82, 2.24) is 29.1 Å². The molecule has 9 heteroatoms. The summed E-state index contributed by atoms with van der Waals surface area (Å²) in [7, 11) is 0. The summed E-state index contributed by atoms with van der Waals surface area (Å²) in [5, 5.41) is 3.26. The van der Waals surface area contributed by atoms with Crippen LogP contribution in [0.15, 0.2) is 41.7 Å². The number of rotatable bonds is 2. The highest BCUT2D eigenvalue weighted by molar-refractivity contribution is 5.63. The average molecular weight is 379 g/mol. The lowest BCUT2D eigenvalue weighted by Crippen LogP contribution is -2.46. The number of hydrogen-bond donors (Lipinski definition) is 1. The molecular formula is C19H18FN7O. The Bertz CT molecular complexity index is 1260. The van der Waals surface area contributed by atoms with Crippen molar-refractivity contribution in [3.05, 3.63) is 58.8 Å². The third kappa shape index (κ3) is 2.71. The van der Waals surface area contributed by atoms with Crippen LogP contribution in [0.1, 0.15) is 5.69 Å². The molecule has 0 atom stereocenters. The molecule has 1 aliphatic rings. The van der Waals surface area contributed by atoms with Gasteiger partial charge in [0.05, 0.1) is 17.6 Å². The SMILES string of the molecule is Cc1cn2cc(-c3ccn4c(=O)c(N5CCNCC5)ncc4n3)cc(F)c2n1. The lowest BCUT2D eigenvalue weighted by atomic mass is 10.2. The van der Waals surface area contributed by atoms with Crippen LogP contribution >= 0.6 is 0 Å². The third-order valence-electron chi connectivity index (χ3n) is 4.91. The minimum absolute atomic E-state index is 0.203. The van der Waals surface area contributed by atoms with Crippen LogP contribution in [0, 0.1) is 12.7 Å². The lowest BCUT2D eigenvalue weighted by Gasteiger charge is -2.27. The molecule has 0 spiro atoms. The molecule has 142 valence electrons. The molecule has 8 nitrogen and oxygen atoms in total. The number of halogens is 1. The minimum Gasteiger partial charge on any atom is -0.349 e.